The Bertz CT molecular complexity index is 875. The number of aromatic nitrogens is 2. The minimum atomic E-state index is -0.344. The number of esters is 1. The van der Waals surface area contributed by atoms with Crippen molar-refractivity contribution in [3.63, 3.8) is 0 Å². The molecule has 9 nitrogen and oxygen atoms in total. The van der Waals surface area contributed by atoms with Crippen molar-refractivity contribution in [2.24, 2.45) is 7.05 Å². The van der Waals surface area contributed by atoms with E-state index in [1.165, 1.54) is 9.80 Å². The molecule has 1 heterocycles. The van der Waals surface area contributed by atoms with E-state index >= 15 is 0 Å². The largest absolute Gasteiger partial charge is 0.466 e. The van der Waals surface area contributed by atoms with E-state index in [1.807, 2.05) is 17.7 Å². The van der Waals surface area contributed by atoms with Crippen LogP contribution in [0.3, 0.4) is 0 Å². The number of nitrogens with one attached hydrogen (secondary N) is 1. The highest BCUT2D eigenvalue weighted by atomic mass is 16.5. The molecule has 0 atom stereocenters. The summed E-state index contributed by atoms with van der Waals surface area (Å²) in [6, 6.07) is 5.06. The topological polar surface area (TPSA) is 96.8 Å². The molecule has 1 aromatic heterocycles. The van der Waals surface area contributed by atoms with Crippen LogP contribution >= 0.6 is 0 Å². The highest BCUT2D eigenvalue weighted by Crippen LogP contribution is 2.18. The molecular weight excluding hydrogens is 362 g/mol. The quantitative estimate of drug-likeness (QED) is 0.722. The molecule has 0 saturated heterocycles. The summed E-state index contributed by atoms with van der Waals surface area (Å²) in [5, 5.41) is 2.68. The third kappa shape index (κ3) is 4.99. The first-order valence-electron chi connectivity index (χ1n) is 9.06. The van der Waals surface area contributed by atoms with Gasteiger partial charge in [-0.15, -0.1) is 0 Å². The van der Waals surface area contributed by atoms with Gasteiger partial charge in [-0.3, -0.25) is 9.59 Å². The van der Waals surface area contributed by atoms with Gasteiger partial charge in [0.2, 0.25) is 0 Å². The summed E-state index contributed by atoms with van der Waals surface area (Å²) in [7, 11) is 6.92. The van der Waals surface area contributed by atoms with Crippen LogP contribution in [0.25, 0.3) is 11.0 Å². The first-order chi connectivity index (χ1) is 13.2. The van der Waals surface area contributed by atoms with E-state index in [9.17, 15) is 14.4 Å². The Morgan fingerprint density at radius 2 is 1.93 bits per heavy atom. The number of urea groups is 1. The van der Waals surface area contributed by atoms with E-state index in [0.29, 0.717) is 23.5 Å². The van der Waals surface area contributed by atoms with Crippen molar-refractivity contribution in [2.75, 3.05) is 34.3 Å². The molecule has 0 bridgehead atoms. The van der Waals surface area contributed by atoms with Crippen LogP contribution in [0.4, 0.5) is 4.79 Å². The summed E-state index contributed by atoms with van der Waals surface area (Å²) < 4.78 is 6.72. The molecule has 1 aromatic carbocycles. The molecule has 28 heavy (non-hydrogen) atoms. The maximum atomic E-state index is 12.2. The lowest BCUT2D eigenvalue weighted by Crippen LogP contribution is -2.38. The van der Waals surface area contributed by atoms with Gasteiger partial charge in [-0.25, -0.2) is 9.78 Å². The van der Waals surface area contributed by atoms with Gasteiger partial charge in [0.05, 0.1) is 30.6 Å². The third-order valence-electron chi connectivity index (χ3n) is 4.26. The first kappa shape index (κ1) is 21.2. The number of fused-ring (bicyclic) bond motifs is 1. The maximum Gasteiger partial charge on any atom is 0.317 e. The van der Waals surface area contributed by atoms with E-state index in [4.69, 9.17) is 4.74 Å². The van der Waals surface area contributed by atoms with Gasteiger partial charge in [-0.05, 0) is 25.1 Å². The number of carbonyl (C=O) groups is 3. The number of imidazole rings is 1. The van der Waals surface area contributed by atoms with Gasteiger partial charge in [-0.1, -0.05) is 0 Å². The zero-order valence-electron chi connectivity index (χ0n) is 17.0. The smallest absolute Gasteiger partial charge is 0.317 e. The molecule has 0 aliphatic heterocycles. The molecule has 0 aliphatic rings. The van der Waals surface area contributed by atoms with Gasteiger partial charge < -0.3 is 24.4 Å². The molecule has 0 aliphatic carbocycles. The van der Waals surface area contributed by atoms with Gasteiger partial charge in [0.15, 0.2) is 0 Å². The number of amides is 3. The fraction of sp³-hybridized carbons (Fsp3) is 0.474. The van der Waals surface area contributed by atoms with Crippen molar-refractivity contribution in [1.82, 2.24) is 24.7 Å². The number of nitrogens with zero attached hydrogens (tertiary/aromatic N) is 4. The van der Waals surface area contributed by atoms with Crippen LogP contribution in [0.2, 0.25) is 0 Å². The maximum absolute atomic E-state index is 12.2. The summed E-state index contributed by atoms with van der Waals surface area (Å²) in [6.07, 6.45) is 0.127. The molecule has 2 rings (SSSR count). The lowest BCUT2D eigenvalue weighted by molar-refractivity contribution is -0.142. The Morgan fingerprint density at radius 1 is 1.21 bits per heavy atom. The van der Waals surface area contributed by atoms with Crippen LogP contribution in [0.5, 0.6) is 0 Å². The fourth-order valence-corrected chi connectivity index (χ4v) is 2.71. The van der Waals surface area contributed by atoms with E-state index in [-0.39, 0.29) is 37.4 Å². The summed E-state index contributed by atoms with van der Waals surface area (Å²) >= 11 is 0. The molecule has 152 valence electrons. The van der Waals surface area contributed by atoms with Crippen molar-refractivity contribution in [1.29, 1.82) is 0 Å². The third-order valence-corrected chi connectivity index (χ3v) is 4.26. The molecule has 2 aromatic rings. The predicted molar refractivity (Wildman–Crippen MR) is 105 cm³/mol. The lowest BCUT2D eigenvalue weighted by atomic mass is 10.2. The SMILES string of the molecule is CCOC(=O)CCNC(=O)N(C)Cc1nc2cc(C(=O)N(C)C)ccc2n1C. The number of rotatable bonds is 7. The molecule has 0 unspecified atom stereocenters. The van der Waals surface area contributed by atoms with Crippen molar-refractivity contribution >= 4 is 28.9 Å². The van der Waals surface area contributed by atoms with Crippen LogP contribution in [-0.4, -0.2) is 71.6 Å². The minimum absolute atomic E-state index is 0.0906. The van der Waals surface area contributed by atoms with Gasteiger partial charge >= 0.3 is 12.0 Å². The number of hydrogen-bond donors (Lipinski definition) is 1. The predicted octanol–water partition coefficient (Wildman–Crippen LogP) is 1.37. The Hall–Kier alpha value is -3.10. The second kappa shape index (κ2) is 9.20. The summed E-state index contributed by atoms with van der Waals surface area (Å²) in [5.74, 6) is 0.253. The first-order valence-corrected chi connectivity index (χ1v) is 9.06. The van der Waals surface area contributed by atoms with Crippen molar-refractivity contribution < 1.29 is 19.1 Å². The summed E-state index contributed by atoms with van der Waals surface area (Å²) in [4.78, 5) is 43.2. The summed E-state index contributed by atoms with van der Waals surface area (Å²) in [6.45, 7) is 2.55. The molecule has 3 amide bonds. The number of hydrogen-bond acceptors (Lipinski definition) is 5. The minimum Gasteiger partial charge on any atom is -0.466 e. The Labute approximate surface area is 164 Å². The average Bonchev–Trinajstić information content (AvgIpc) is 2.96. The van der Waals surface area contributed by atoms with Crippen LogP contribution in [0.1, 0.15) is 29.5 Å². The average molecular weight is 389 g/mol. The van der Waals surface area contributed by atoms with Crippen LogP contribution in [-0.2, 0) is 23.1 Å². The Kier molecular flexibility index (Phi) is 6.97. The second-order valence-corrected chi connectivity index (χ2v) is 6.63. The van der Waals surface area contributed by atoms with E-state index < -0.39 is 0 Å². The monoisotopic (exact) mass is 389 g/mol. The molecule has 0 saturated carbocycles. The van der Waals surface area contributed by atoms with Gasteiger partial charge in [0.1, 0.15) is 5.82 Å². The van der Waals surface area contributed by atoms with Gasteiger partial charge in [0, 0.05) is 40.3 Å². The number of ether oxygens (including phenoxy) is 1. The molecular formula is C19H27N5O4. The van der Waals surface area contributed by atoms with Crippen LogP contribution < -0.4 is 5.32 Å². The van der Waals surface area contributed by atoms with E-state index in [0.717, 1.165) is 5.52 Å². The number of aryl methyl sites for hydroxylation is 1. The second-order valence-electron chi connectivity index (χ2n) is 6.63. The highest BCUT2D eigenvalue weighted by Gasteiger charge is 2.16. The zero-order valence-corrected chi connectivity index (χ0v) is 17.0. The standard InChI is InChI=1S/C19H27N5O4/c1-6-28-17(25)9-10-20-19(27)23(4)12-16-21-14-11-13(18(26)22(2)3)7-8-15(14)24(16)5/h7-8,11H,6,9-10,12H2,1-5H3,(H,20,27). The number of carbonyl (C=O) groups excluding carboxylic acids is 3. The van der Waals surface area contributed by atoms with Crippen LogP contribution in [0, 0.1) is 0 Å². The number of benzene rings is 1. The Balaban J connectivity index is 2.04. The molecule has 0 radical (unpaired) electrons. The van der Waals surface area contributed by atoms with Gasteiger partial charge in [0.25, 0.3) is 5.91 Å². The van der Waals surface area contributed by atoms with Crippen LogP contribution in [0.15, 0.2) is 18.2 Å². The fourth-order valence-electron chi connectivity index (χ4n) is 2.71. The normalized spacial score (nSPS) is 10.6. The molecule has 1 N–H and O–H groups in total. The summed E-state index contributed by atoms with van der Waals surface area (Å²) in [5.41, 5.74) is 2.13. The van der Waals surface area contributed by atoms with Crippen molar-refractivity contribution in [3.8, 4) is 0 Å². The molecule has 0 fully saturated rings. The van der Waals surface area contributed by atoms with Crippen molar-refractivity contribution in [3.05, 3.63) is 29.6 Å². The van der Waals surface area contributed by atoms with E-state index in [1.54, 1.807) is 40.2 Å². The highest BCUT2D eigenvalue weighted by molar-refractivity contribution is 5.97. The zero-order chi connectivity index (χ0) is 20.8. The Morgan fingerprint density at radius 3 is 2.57 bits per heavy atom. The van der Waals surface area contributed by atoms with Gasteiger partial charge in [-0.2, -0.15) is 0 Å². The lowest BCUT2D eigenvalue weighted by Gasteiger charge is -2.17. The van der Waals surface area contributed by atoms with E-state index in [2.05, 4.69) is 10.3 Å². The molecule has 9 heteroatoms. The molecule has 0 spiro atoms. The van der Waals surface area contributed by atoms with Crippen molar-refractivity contribution in [2.45, 2.75) is 19.9 Å².